The molecule has 1 N–H and O–H groups in total. The molecule has 0 atom stereocenters. The van der Waals surface area contributed by atoms with E-state index < -0.39 is 0 Å². The minimum absolute atomic E-state index is 0.252. The predicted octanol–water partition coefficient (Wildman–Crippen LogP) is 6.41. The summed E-state index contributed by atoms with van der Waals surface area (Å²) >= 11 is 14.8. The molecule has 31 heavy (non-hydrogen) atoms. The van der Waals surface area contributed by atoms with Gasteiger partial charge in [-0.3, -0.25) is 15.1 Å². The van der Waals surface area contributed by atoms with Crippen LogP contribution in [0.2, 0.25) is 8.67 Å². The number of amides is 1. The number of carbonyl (C=O) groups is 1. The number of anilines is 1. The van der Waals surface area contributed by atoms with Crippen LogP contribution in [-0.4, -0.2) is 23.0 Å². The van der Waals surface area contributed by atoms with E-state index in [1.54, 1.807) is 37.6 Å². The summed E-state index contributed by atoms with van der Waals surface area (Å²) in [6.45, 7) is 0.252. The highest BCUT2D eigenvalue weighted by molar-refractivity contribution is 7.20. The van der Waals surface area contributed by atoms with Gasteiger partial charge in [-0.05, 0) is 36.4 Å². The Balaban J connectivity index is 1.49. The summed E-state index contributed by atoms with van der Waals surface area (Å²) < 4.78 is 12.3. The SMILES string of the molecule is COc1ccc(C(=O)Nc2nc(-c3cc(Cl)sc3Cl)cs2)cc1OCc1ccccn1. The Morgan fingerprint density at radius 2 is 2.03 bits per heavy atom. The van der Waals surface area contributed by atoms with Crippen LogP contribution < -0.4 is 14.8 Å². The average molecular weight is 492 g/mol. The van der Waals surface area contributed by atoms with Crippen molar-refractivity contribution in [3.05, 3.63) is 74.0 Å². The van der Waals surface area contributed by atoms with E-state index in [2.05, 4.69) is 15.3 Å². The molecule has 0 saturated carbocycles. The quantitative estimate of drug-likeness (QED) is 0.323. The second-order valence-corrected chi connectivity index (χ2v) is 9.35. The number of nitrogens with zero attached hydrogens (tertiary/aromatic N) is 2. The first-order valence-electron chi connectivity index (χ1n) is 8.96. The standard InChI is InChI=1S/C21H15Cl2N3O3S2/c1-28-16-6-5-12(8-17(16)29-10-13-4-2-3-7-24-13)20(27)26-21-25-15(11-30-21)14-9-18(22)31-19(14)23/h2-9,11H,10H2,1H3,(H,25,26,27). The molecule has 0 aliphatic heterocycles. The first kappa shape index (κ1) is 21.6. The summed E-state index contributed by atoms with van der Waals surface area (Å²) in [5, 5.41) is 5.06. The number of hydrogen-bond acceptors (Lipinski definition) is 7. The number of thiazole rings is 1. The van der Waals surface area contributed by atoms with E-state index in [0.717, 1.165) is 11.3 Å². The molecule has 0 fully saturated rings. The van der Waals surface area contributed by atoms with E-state index in [9.17, 15) is 4.79 Å². The highest BCUT2D eigenvalue weighted by Gasteiger charge is 2.16. The van der Waals surface area contributed by atoms with Gasteiger partial charge in [0.2, 0.25) is 0 Å². The van der Waals surface area contributed by atoms with E-state index >= 15 is 0 Å². The molecular weight excluding hydrogens is 477 g/mol. The monoisotopic (exact) mass is 491 g/mol. The molecule has 0 aliphatic rings. The number of thiophene rings is 1. The molecule has 0 saturated heterocycles. The van der Waals surface area contributed by atoms with Gasteiger partial charge in [0.1, 0.15) is 10.9 Å². The van der Waals surface area contributed by atoms with Crippen molar-refractivity contribution >= 4 is 56.9 Å². The second-order valence-electron chi connectivity index (χ2n) is 6.21. The molecule has 0 radical (unpaired) electrons. The molecule has 0 aliphatic carbocycles. The number of benzene rings is 1. The number of hydrogen-bond donors (Lipinski definition) is 1. The van der Waals surface area contributed by atoms with E-state index in [1.165, 1.54) is 22.7 Å². The van der Waals surface area contributed by atoms with Gasteiger partial charge >= 0.3 is 0 Å². The van der Waals surface area contributed by atoms with Crippen molar-refractivity contribution in [1.29, 1.82) is 0 Å². The summed E-state index contributed by atoms with van der Waals surface area (Å²) in [5.41, 5.74) is 2.57. The maximum absolute atomic E-state index is 12.8. The van der Waals surface area contributed by atoms with Gasteiger partial charge in [0.05, 0.1) is 22.8 Å². The lowest BCUT2D eigenvalue weighted by molar-refractivity contribution is 0.102. The van der Waals surface area contributed by atoms with Gasteiger partial charge in [-0.15, -0.1) is 22.7 Å². The van der Waals surface area contributed by atoms with E-state index in [0.29, 0.717) is 36.6 Å². The number of aromatic nitrogens is 2. The van der Waals surface area contributed by atoms with Crippen LogP contribution in [0.15, 0.2) is 54.0 Å². The zero-order valence-corrected chi connectivity index (χ0v) is 19.2. The van der Waals surface area contributed by atoms with Crippen LogP contribution in [0.5, 0.6) is 11.5 Å². The Kier molecular flexibility index (Phi) is 6.72. The van der Waals surface area contributed by atoms with Crippen molar-refractivity contribution in [2.45, 2.75) is 6.61 Å². The average Bonchev–Trinajstić information content (AvgIpc) is 3.37. The molecule has 6 nitrogen and oxygen atoms in total. The Morgan fingerprint density at radius 3 is 2.74 bits per heavy atom. The highest BCUT2D eigenvalue weighted by atomic mass is 35.5. The summed E-state index contributed by atoms with van der Waals surface area (Å²) in [4.78, 5) is 21.4. The molecule has 1 amide bonds. The first-order chi connectivity index (χ1) is 15.0. The minimum atomic E-state index is -0.319. The van der Waals surface area contributed by atoms with Crippen molar-refractivity contribution in [3.8, 4) is 22.8 Å². The number of pyridine rings is 1. The van der Waals surface area contributed by atoms with Gasteiger partial charge in [0, 0.05) is 22.7 Å². The molecule has 10 heteroatoms. The zero-order valence-electron chi connectivity index (χ0n) is 16.1. The van der Waals surface area contributed by atoms with Crippen LogP contribution in [0.3, 0.4) is 0 Å². The second kappa shape index (κ2) is 9.65. The van der Waals surface area contributed by atoms with Gasteiger partial charge in [0.15, 0.2) is 16.6 Å². The number of carbonyl (C=O) groups excluding carboxylic acids is 1. The van der Waals surface area contributed by atoms with Crippen LogP contribution in [0, 0.1) is 0 Å². The van der Waals surface area contributed by atoms with E-state index in [-0.39, 0.29) is 12.5 Å². The summed E-state index contributed by atoms with van der Waals surface area (Å²) in [5.74, 6) is 0.647. The lowest BCUT2D eigenvalue weighted by atomic mass is 10.2. The largest absolute Gasteiger partial charge is 0.493 e. The predicted molar refractivity (Wildman–Crippen MR) is 125 cm³/mol. The topological polar surface area (TPSA) is 73.3 Å². The lowest BCUT2D eigenvalue weighted by Gasteiger charge is -2.12. The molecule has 0 unspecified atom stereocenters. The fourth-order valence-corrected chi connectivity index (χ4v) is 4.89. The number of methoxy groups -OCH3 is 1. The number of nitrogens with one attached hydrogen (secondary N) is 1. The first-order valence-corrected chi connectivity index (χ1v) is 11.4. The van der Waals surface area contributed by atoms with Crippen molar-refractivity contribution in [3.63, 3.8) is 0 Å². The smallest absolute Gasteiger partial charge is 0.257 e. The van der Waals surface area contributed by atoms with Crippen LogP contribution in [0.4, 0.5) is 5.13 Å². The molecule has 0 spiro atoms. The molecule has 1 aromatic carbocycles. The number of ether oxygens (including phenoxy) is 2. The number of rotatable bonds is 7. The Labute approximate surface area is 196 Å². The third kappa shape index (κ3) is 5.16. The van der Waals surface area contributed by atoms with Gasteiger partial charge in [-0.1, -0.05) is 29.3 Å². The number of halogens is 2. The van der Waals surface area contributed by atoms with E-state index in [4.69, 9.17) is 32.7 Å². The Bertz CT molecular complexity index is 1210. The summed E-state index contributed by atoms with van der Waals surface area (Å²) in [6.07, 6.45) is 1.69. The molecule has 0 bridgehead atoms. The molecule has 3 heterocycles. The summed E-state index contributed by atoms with van der Waals surface area (Å²) in [6, 6.07) is 12.3. The van der Waals surface area contributed by atoms with Crippen LogP contribution >= 0.6 is 45.9 Å². The van der Waals surface area contributed by atoms with Crippen molar-refractivity contribution in [2.24, 2.45) is 0 Å². The molecule has 3 aromatic heterocycles. The van der Waals surface area contributed by atoms with E-state index in [1.807, 2.05) is 23.6 Å². The molecular formula is C21H15Cl2N3O3S2. The minimum Gasteiger partial charge on any atom is -0.493 e. The molecule has 158 valence electrons. The Morgan fingerprint density at radius 1 is 1.16 bits per heavy atom. The highest BCUT2D eigenvalue weighted by Crippen LogP contribution is 2.39. The molecule has 4 aromatic rings. The third-order valence-corrected chi connectivity index (χ3v) is 6.43. The Hall–Kier alpha value is -2.65. The van der Waals surface area contributed by atoms with Crippen molar-refractivity contribution in [1.82, 2.24) is 9.97 Å². The lowest BCUT2D eigenvalue weighted by Crippen LogP contribution is -2.12. The third-order valence-electron chi connectivity index (χ3n) is 4.18. The fraction of sp³-hybridized carbons (Fsp3) is 0.0952. The fourth-order valence-electron chi connectivity index (χ4n) is 2.70. The van der Waals surface area contributed by atoms with Crippen LogP contribution in [-0.2, 0) is 6.61 Å². The van der Waals surface area contributed by atoms with Crippen molar-refractivity contribution in [2.75, 3.05) is 12.4 Å². The van der Waals surface area contributed by atoms with Gasteiger partial charge < -0.3 is 9.47 Å². The van der Waals surface area contributed by atoms with Crippen molar-refractivity contribution < 1.29 is 14.3 Å². The zero-order chi connectivity index (χ0) is 21.8. The maximum atomic E-state index is 12.8. The molecule has 4 rings (SSSR count). The normalized spacial score (nSPS) is 10.7. The van der Waals surface area contributed by atoms with Gasteiger partial charge in [-0.2, -0.15) is 0 Å². The maximum Gasteiger partial charge on any atom is 0.257 e. The summed E-state index contributed by atoms with van der Waals surface area (Å²) in [7, 11) is 1.54. The van der Waals surface area contributed by atoms with Gasteiger partial charge in [-0.25, -0.2) is 4.98 Å². The van der Waals surface area contributed by atoms with Crippen LogP contribution in [0.25, 0.3) is 11.3 Å². The van der Waals surface area contributed by atoms with Gasteiger partial charge in [0.25, 0.3) is 5.91 Å². The van der Waals surface area contributed by atoms with Crippen LogP contribution in [0.1, 0.15) is 16.1 Å².